The van der Waals surface area contributed by atoms with E-state index in [2.05, 4.69) is 27.7 Å². The maximum atomic E-state index is 11.0. The second kappa shape index (κ2) is 9.92. The van der Waals surface area contributed by atoms with Gasteiger partial charge in [0, 0.05) is 0 Å². The minimum absolute atomic E-state index is 0.374. The standard InChI is InChI=1S/C20H32O2Si/c1-5-7-9-15-20(3,4)23-18(10-8-6-2)16-11-13-17(14-12-16)19(21)22/h11-14,18H,5-10,15H2,1-4H3,(H,21,22). The Labute approximate surface area is 144 Å². The third-order valence-electron chi connectivity index (χ3n) is 4.38. The number of carboxylic acids is 1. The minimum atomic E-state index is -0.844. The lowest BCUT2D eigenvalue weighted by molar-refractivity contribution is 0.0697. The summed E-state index contributed by atoms with van der Waals surface area (Å²) in [6.45, 7) is 9.28. The first-order chi connectivity index (χ1) is 10.9. The highest BCUT2D eigenvalue weighted by atomic mass is 28.2. The summed E-state index contributed by atoms with van der Waals surface area (Å²) in [5, 5.41) is 9.44. The first-order valence-electron chi connectivity index (χ1n) is 9.00. The normalized spacial score (nSPS) is 13.0. The van der Waals surface area contributed by atoms with Crippen LogP contribution in [0.2, 0.25) is 5.04 Å². The lowest BCUT2D eigenvalue weighted by atomic mass is 10.0. The van der Waals surface area contributed by atoms with Gasteiger partial charge in [-0.1, -0.05) is 78.4 Å². The molecule has 2 nitrogen and oxygen atoms in total. The van der Waals surface area contributed by atoms with Crippen LogP contribution >= 0.6 is 0 Å². The van der Waals surface area contributed by atoms with Gasteiger partial charge in [0.2, 0.25) is 0 Å². The van der Waals surface area contributed by atoms with Crippen LogP contribution in [-0.2, 0) is 0 Å². The highest BCUT2D eigenvalue weighted by Crippen LogP contribution is 2.37. The van der Waals surface area contributed by atoms with E-state index in [1.165, 1.54) is 50.5 Å². The molecule has 0 bridgehead atoms. The van der Waals surface area contributed by atoms with E-state index in [1.54, 1.807) is 12.1 Å². The molecule has 0 aliphatic carbocycles. The Morgan fingerprint density at radius 3 is 2.22 bits per heavy atom. The van der Waals surface area contributed by atoms with Crippen LogP contribution in [0.5, 0.6) is 0 Å². The molecule has 0 aliphatic heterocycles. The number of benzene rings is 1. The largest absolute Gasteiger partial charge is 0.478 e. The van der Waals surface area contributed by atoms with Crippen LogP contribution in [-0.4, -0.2) is 20.6 Å². The number of rotatable bonds is 11. The lowest BCUT2D eigenvalue weighted by Crippen LogP contribution is -2.21. The summed E-state index contributed by atoms with van der Waals surface area (Å²) < 4.78 is 0. The summed E-state index contributed by atoms with van der Waals surface area (Å²) in [7, 11) is 0.892. The van der Waals surface area contributed by atoms with Crippen molar-refractivity contribution in [1.82, 2.24) is 0 Å². The Balaban J connectivity index is 2.80. The van der Waals surface area contributed by atoms with Crippen LogP contribution in [0.1, 0.15) is 94.1 Å². The van der Waals surface area contributed by atoms with E-state index in [4.69, 9.17) is 5.11 Å². The monoisotopic (exact) mass is 332 g/mol. The van der Waals surface area contributed by atoms with Crippen molar-refractivity contribution in [3.05, 3.63) is 35.4 Å². The maximum Gasteiger partial charge on any atom is 0.335 e. The summed E-state index contributed by atoms with van der Waals surface area (Å²) in [5.41, 5.74) is 2.26. The SMILES string of the molecule is CCCCCC(C)(C)[Si]C(CCCC)c1ccc(C(=O)O)cc1. The topological polar surface area (TPSA) is 37.3 Å². The Kier molecular flexibility index (Phi) is 8.60. The van der Waals surface area contributed by atoms with E-state index in [-0.39, 0.29) is 0 Å². The number of hydrogen-bond donors (Lipinski definition) is 1. The fourth-order valence-corrected chi connectivity index (χ4v) is 4.92. The van der Waals surface area contributed by atoms with Gasteiger partial charge < -0.3 is 5.11 Å². The fourth-order valence-electron chi connectivity index (χ4n) is 2.95. The van der Waals surface area contributed by atoms with Crippen molar-refractivity contribution in [3.8, 4) is 0 Å². The van der Waals surface area contributed by atoms with Crippen molar-refractivity contribution in [2.45, 2.75) is 83.2 Å². The molecule has 3 heteroatoms. The molecule has 0 spiro atoms. The first-order valence-corrected chi connectivity index (χ1v) is 10.1. The van der Waals surface area contributed by atoms with Gasteiger partial charge in [0.25, 0.3) is 0 Å². The van der Waals surface area contributed by atoms with Crippen molar-refractivity contribution < 1.29 is 9.90 Å². The van der Waals surface area contributed by atoms with Gasteiger partial charge in [-0.25, -0.2) is 4.79 Å². The summed E-state index contributed by atoms with van der Waals surface area (Å²) in [5.74, 6) is -0.844. The fraction of sp³-hybridized carbons (Fsp3) is 0.650. The van der Waals surface area contributed by atoms with Gasteiger partial charge in [0.1, 0.15) is 0 Å². The quantitative estimate of drug-likeness (QED) is 0.393. The molecule has 23 heavy (non-hydrogen) atoms. The van der Waals surface area contributed by atoms with Crippen LogP contribution in [0.4, 0.5) is 0 Å². The van der Waals surface area contributed by atoms with Gasteiger partial charge in [0.05, 0.1) is 15.1 Å². The number of carboxylic acid groups (broad SMARTS) is 1. The van der Waals surface area contributed by atoms with Crippen LogP contribution in [0.3, 0.4) is 0 Å². The summed E-state index contributed by atoms with van der Waals surface area (Å²) >= 11 is 0. The zero-order valence-corrected chi connectivity index (χ0v) is 16.2. The Morgan fingerprint density at radius 1 is 1.09 bits per heavy atom. The molecule has 0 fully saturated rings. The highest BCUT2D eigenvalue weighted by molar-refractivity contribution is 6.42. The van der Waals surface area contributed by atoms with E-state index >= 15 is 0 Å². The van der Waals surface area contributed by atoms with E-state index in [1.807, 2.05) is 12.1 Å². The van der Waals surface area contributed by atoms with Crippen molar-refractivity contribution in [3.63, 3.8) is 0 Å². The molecule has 1 aromatic carbocycles. The number of unbranched alkanes of at least 4 members (excludes halogenated alkanes) is 3. The third kappa shape index (κ3) is 7.34. The molecule has 0 aliphatic rings. The molecule has 0 heterocycles. The molecule has 0 aromatic heterocycles. The van der Waals surface area contributed by atoms with E-state index < -0.39 is 5.97 Å². The minimum Gasteiger partial charge on any atom is -0.478 e. The van der Waals surface area contributed by atoms with Gasteiger partial charge >= 0.3 is 5.97 Å². The van der Waals surface area contributed by atoms with Gasteiger partial charge in [-0.3, -0.25) is 0 Å². The molecule has 0 amide bonds. The molecule has 1 rings (SSSR count). The number of carbonyl (C=O) groups is 1. The third-order valence-corrected chi connectivity index (χ3v) is 6.38. The number of aromatic carboxylic acids is 1. The van der Waals surface area contributed by atoms with Gasteiger partial charge in [0.15, 0.2) is 0 Å². The zero-order chi connectivity index (χ0) is 17.3. The van der Waals surface area contributed by atoms with E-state index in [9.17, 15) is 4.79 Å². The molecule has 1 atom stereocenters. The molecule has 0 saturated carbocycles. The predicted molar refractivity (Wildman–Crippen MR) is 99.6 cm³/mol. The molecule has 1 N–H and O–H groups in total. The Morgan fingerprint density at radius 2 is 1.70 bits per heavy atom. The first kappa shape index (κ1) is 20.0. The summed E-state index contributed by atoms with van der Waals surface area (Å²) in [4.78, 5) is 11.0. The molecule has 1 aromatic rings. The van der Waals surface area contributed by atoms with Gasteiger partial charge in [-0.15, -0.1) is 0 Å². The summed E-state index contributed by atoms with van der Waals surface area (Å²) in [6, 6.07) is 7.56. The Bertz CT molecular complexity index is 465. The molecule has 2 radical (unpaired) electrons. The van der Waals surface area contributed by atoms with Gasteiger partial charge in [-0.05, 0) is 34.7 Å². The molecule has 1 unspecified atom stereocenters. The second-order valence-electron chi connectivity index (χ2n) is 7.11. The maximum absolute atomic E-state index is 11.0. The van der Waals surface area contributed by atoms with Crippen LogP contribution in [0.15, 0.2) is 24.3 Å². The van der Waals surface area contributed by atoms with Crippen LogP contribution < -0.4 is 0 Å². The lowest BCUT2D eigenvalue weighted by Gasteiger charge is -2.29. The molecule has 128 valence electrons. The zero-order valence-electron chi connectivity index (χ0n) is 15.2. The predicted octanol–water partition coefficient (Wildman–Crippen LogP) is 6.10. The molecule has 0 saturated heterocycles. The van der Waals surface area contributed by atoms with Gasteiger partial charge in [-0.2, -0.15) is 0 Å². The average molecular weight is 333 g/mol. The Hall–Kier alpha value is -1.09. The van der Waals surface area contributed by atoms with Crippen molar-refractivity contribution in [2.75, 3.05) is 0 Å². The van der Waals surface area contributed by atoms with Crippen LogP contribution in [0.25, 0.3) is 0 Å². The van der Waals surface area contributed by atoms with E-state index in [0.717, 1.165) is 9.52 Å². The second-order valence-corrected chi connectivity index (χ2v) is 9.45. The van der Waals surface area contributed by atoms with E-state index in [0.29, 0.717) is 16.1 Å². The van der Waals surface area contributed by atoms with Crippen molar-refractivity contribution in [2.24, 2.45) is 0 Å². The average Bonchev–Trinajstić information content (AvgIpc) is 2.51. The van der Waals surface area contributed by atoms with Crippen LogP contribution in [0, 0.1) is 0 Å². The van der Waals surface area contributed by atoms with Crippen molar-refractivity contribution in [1.29, 1.82) is 0 Å². The molecular weight excluding hydrogens is 300 g/mol. The smallest absolute Gasteiger partial charge is 0.335 e. The number of hydrogen-bond acceptors (Lipinski definition) is 1. The van der Waals surface area contributed by atoms with Crippen molar-refractivity contribution >= 4 is 15.5 Å². The highest BCUT2D eigenvalue weighted by Gasteiger charge is 2.25. The molecular formula is C20H32O2Si. The summed E-state index contributed by atoms with van der Waals surface area (Å²) in [6.07, 6.45) is 8.85.